The third-order valence-corrected chi connectivity index (χ3v) is 5.43. The van der Waals surface area contributed by atoms with E-state index in [1.807, 2.05) is 36.4 Å². The Kier molecular flexibility index (Phi) is 5.78. The van der Waals surface area contributed by atoms with E-state index >= 15 is 0 Å². The van der Waals surface area contributed by atoms with Gasteiger partial charge in [0.25, 0.3) is 5.91 Å². The average molecular weight is 382 g/mol. The molecule has 1 unspecified atom stereocenters. The van der Waals surface area contributed by atoms with Gasteiger partial charge in [0.1, 0.15) is 6.61 Å². The Bertz CT molecular complexity index is 798. The molecule has 2 aromatic rings. The van der Waals surface area contributed by atoms with E-state index in [0.717, 1.165) is 26.1 Å². The highest BCUT2D eigenvalue weighted by atomic mass is 16.6. The van der Waals surface area contributed by atoms with Crippen molar-refractivity contribution in [1.82, 2.24) is 10.2 Å². The highest BCUT2D eigenvalue weighted by Gasteiger charge is 2.34. The van der Waals surface area contributed by atoms with E-state index in [1.54, 1.807) is 6.07 Å². The molecule has 0 aliphatic carbocycles. The lowest BCUT2D eigenvalue weighted by Gasteiger charge is -2.39. The second kappa shape index (κ2) is 8.63. The number of aliphatic hydroxyl groups is 1. The van der Waals surface area contributed by atoms with Gasteiger partial charge in [-0.15, -0.1) is 0 Å². The number of rotatable bonds is 5. The molecule has 1 amide bonds. The Morgan fingerprint density at radius 3 is 2.64 bits per heavy atom. The largest absolute Gasteiger partial charge is 0.485 e. The van der Waals surface area contributed by atoms with E-state index in [9.17, 15) is 9.90 Å². The van der Waals surface area contributed by atoms with Crippen LogP contribution in [-0.2, 0) is 11.3 Å². The minimum absolute atomic E-state index is 0.00166. The fourth-order valence-corrected chi connectivity index (χ4v) is 3.89. The molecule has 6 heteroatoms. The molecule has 6 nitrogen and oxygen atoms in total. The quantitative estimate of drug-likeness (QED) is 0.826. The van der Waals surface area contributed by atoms with Gasteiger partial charge in [-0.25, -0.2) is 0 Å². The van der Waals surface area contributed by atoms with E-state index in [0.29, 0.717) is 11.5 Å². The summed E-state index contributed by atoms with van der Waals surface area (Å²) >= 11 is 0. The minimum atomic E-state index is -0.670. The van der Waals surface area contributed by atoms with Gasteiger partial charge in [0.05, 0.1) is 0 Å². The molecule has 0 bridgehead atoms. The van der Waals surface area contributed by atoms with Gasteiger partial charge in [-0.1, -0.05) is 42.5 Å². The number of nitrogens with one attached hydrogen (secondary N) is 1. The zero-order chi connectivity index (χ0) is 19.3. The first-order chi connectivity index (χ1) is 13.7. The fourth-order valence-electron chi connectivity index (χ4n) is 3.89. The Balaban J connectivity index is 1.33. The maximum atomic E-state index is 12.7. The van der Waals surface area contributed by atoms with Gasteiger partial charge in [-0.05, 0) is 24.1 Å². The number of para-hydroxylation sites is 2. The van der Waals surface area contributed by atoms with Gasteiger partial charge < -0.3 is 19.9 Å². The van der Waals surface area contributed by atoms with E-state index < -0.39 is 6.10 Å². The lowest BCUT2D eigenvalue weighted by Crippen LogP contribution is -2.55. The number of carbonyl (C=O) groups is 1. The molecule has 3 atom stereocenters. The zero-order valence-corrected chi connectivity index (χ0v) is 15.8. The van der Waals surface area contributed by atoms with Crippen LogP contribution in [0.3, 0.4) is 0 Å². The Labute approximate surface area is 165 Å². The molecule has 28 heavy (non-hydrogen) atoms. The summed E-state index contributed by atoms with van der Waals surface area (Å²) in [7, 11) is 0. The first kappa shape index (κ1) is 18.8. The van der Waals surface area contributed by atoms with E-state index in [1.165, 1.54) is 5.56 Å². The van der Waals surface area contributed by atoms with Gasteiger partial charge in [0.2, 0.25) is 6.10 Å². The van der Waals surface area contributed by atoms with Crippen LogP contribution >= 0.6 is 0 Å². The van der Waals surface area contributed by atoms with Crippen molar-refractivity contribution in [3.63, 3.8) is 0 Å². The summed E-state index contributed by atoms with van der Waals surface area (Å²) < 4.78 is 11.4. The van der Waals surface area contributed by atoms with Crippen molar-refractivity contribution in [3.05, 3.63) is 60.2 Å². The topological polar surface area (TPSA) is 71.0 Å². The zero-order valence-electron chi connectivity index (χ0n) is 15.8. The van der Waals surface area contributed by atoms with Crippen LogP contribution < -0.4 is 14.8 Å². The van der Waals surface area contributed by atoms with Crippen LogP contribution in [-0.4, -0.2) is 54.4 Å². The maximum Gasteiger partial charge on any atom is 0.264 e. The van der Waals surface area contributed by atoms with Crippen LogP contribution in [0.25, 0.3) is 0 Å². The number of hydrogen-bond donors (Lipinski definition) is 2. The number of nitrogens with zero attached hydrogens (tertiary/aromatic N) is 1. The van der Waals surface area contributed by atoms with Gasteiger partial charge >= 0.3 is 0 Å². The average Bonchev–Trinajstić information content (AvgIpc) is 2.75. The Hall–Kier alpha value is -2.57. The number of hydrogen-bond acceptors (Lipinski definition) is 5. The molecule has 2 aliphatic heterocycles. The van der Waals surface area contributed by atoms with Crippen molar-refractivity contribution in [2.24, 2.45) is 5.92 Å². The van der Waals surface area contributed by atoms with Gasteiger partial charge in [0, 0.05) is 38.2 Å². The minimum Gasteiger partial charge on any atom is -0.485 e. The Morgan fingerprint density at radius 2 is 1.86 bits per heavy atom. The summed E-state index contributed by atoms with van der Waals surface area (Å²) in [6, 6.07) is 17.6. The number of amides is 1. The highest BCUT2D eigenvalue weighted by Crippen LogP contribution is 2.31. The molecule has 0 radical (unpaired) electrons. The van der Waals surface area contributed by atoms with Crippen molar-refractivity contribution in [3.8, 4) is 11.5 Å². The van der Waals surface area contributed by atoms with Crippen LogP contribution in [0.1, 0.15) is 12.0 Å². The standard InChI is InChI=1S/C22H26N2O4/c25-14-17-13-24(12-16-6-2-1-3-7-16)11-10-18(17)23-22(26)21-15-27-19-8-4-5-9-20(19)28-21/h1-9,17-18,21,25H,10-15H2,(H,23,26)/t17-,18+,21?/m0/s1. The summed E-state index contributed by atoms with van der Waals surface area (Å²) in [5, 5.41) is 12.9. The van der Waals surface area contributed by atoms with Crippen molar-refractivity contribution in [2.45, 2.75) is 25.1 Å². The molecular formula is C22H26N2O4. The number of piperidine rings is 1. The third-order valence-electron chi connectivity index (χ3n) is 5.43. The number of aliphatic hydroxyl groups excluding tert-OH is 1. The van der Waals surface area contributed by atoms with E-state index in [-0.39, 0.29) is 31.1 Å². The number of fused-ring (bicyclic) bond motifs is 1. The molecule has 1 fully saturated rings. The van der Waals surface area contributed by atoms with Crippen LogP contribution in [0.15, 0.2) is 54.6 Å². The summed E-state index contributed by atoms with van der Waals surface area (Å²) in [5.41, 5.74) is 1.26. The number of benzene rings is 2. The van der Waals surface area contributed by atoms with Crippen molar-refractivity contribution < 1.29 is 19.4 Å². The van der Waals surface area contributed by atoms with Gasteiger partial charge in [0.15, 0.2) is 11.5 Å². The number of ether oxygens (including phenoxy) is 2. The van der Waals surface area contributed by atoms with Crippen LogP contribution in [0, 0.1) is 5.92 Å². The molecule has 4 rings (SSSR count). The molecule has 2 N–H and O–H groups in total. The third kappa shape index (κ3) is 4.29. The lowest BCUT2D eigenvalue weighted by atomic mass is 9.92. The molecular weight excluding hydrogens is 356 g/mol. The molecule has 2 aliphatic rings. The summed E-state index contributed by atoms with van der Waals surface area (Å²) in [6.45, 7) is 2.72. The fraction of sp³-hybridized carbons (Fsp3) is 0.409. The van der Waals surface area contributed by atoms with E-state index in [4.69, 9.17) is 9.47 Å². The first-order valence-corrected chi connectivity index (χ1v) is 9.79. The summed E-state index contributed by atoms with van der Waals surface area (Å²) in [6.07, 6.45) is 0.130. The molecule has 1 saturated heterocycles. The summed E-state index contributed by atoms with van der Waals surface area (Å²) in [5.74, 6) is 1.06. The highest BCUT2D eigenvalue weighted by molar-refractivity contribution is 5.82. The second-order valence-electron chi connectivity index (χ2n) is 7.43. The molecule has 0 saturated carbocycles. The van der Waals surface area contributed by atoms with Crippen LogP contribution in [0.2, 0.25) is 0 Å². The maximum absolute atomic E-state index is 12.7. The normalized spacial score (nSPS) is 24.5. The predicted octanol–water partition coefficient (Wildman–Crippen LogP) is 1.83. The number of likely N-dealkylation sites (tertiary alicyclic amines) is 1. The van der Waals surface area contributed by atoms with Gasteiger partial charge in [-0.3, -0.25) is 9.69 Å². The predicted molar refractivity (Wildman–Crippen MR) is 105 cm³/mol. The first-order valence-electron chi connectivity index (χ1n) is 9.79. The lowest BCUT2D eigenvalue weighted by molar-refractivity contribution is -0.132. The monoisotopic (exact) mass is 382 g/mol. The SMILES string of the molecule is O=C(N[C@@H]1CCN(Cc2ccccc2)C[C@H]1CO)C1COc2ccccc2O1. The molecule has 0 spiro atoms. The van der Waals surface area contributed by atoms with E-state index in [2.05, 4.69) is 22.3 Å². The van der Waals surface area contributed by atoms with Crippen LogP contribution in [0.4, 0.5) is 0 Å². The smallest absolute Gasteiger partial charge is 0.264 e. The van der Waals surface area contributed by atoms with Crippen LogP contribution in [0.5, 0.6) is 11.5 Å². The second-order valence-corrected chi connectivity index (χ2v) is 7.43. The van der Waals surface area contributed by atoms with Crippen molar-refractivity contribution >= 4 is 5.91 Å². The number of carbonyl (C=O) groups excluding carboxylic acids is 1. The van der Waals surface area contributed by atoms with Gasteiger partial charge in [-0.2, -0.15) is 0 Å². The van der Waals surface area contributed by atoms with Crippen molar-refractivity contribution in [2.75, 3.05) is 26.3 Å². The molecule has 148 valence electrons. The van der Waals surface area contributed by atoms with Crippen molar-refractivity contribution in [1.29, 1.82) is 0 Å². The molecule has 2 heterocycles. The molecule has 0 aromatic heterocycles. The Morgan fingerprint density at radius 1 is 1.11 bits per heavy atom. The summed E-state index contributed by atoms with van der Waals surface area (Å²) in [4.78, 5) is 15.0. The molecule has 2 aromatic carbocycles.